The molecule has 6 rings (SSSR count). The van der Waals surface area contributed by atoms with Crippen LogP contribution in [0.15, 0.2) is 45.3 Å². The smallest absolute Gasteiger partial charge is 0.410 e. The van der Waals surface area contributed by atoms with Gasteiger partial charge in [0.1, 0.15) is 0 Å². The maximum Gasteiger partial charge on any atom is 0.410 e. The molecule has 254 valence electrons. The summed E-state index contributed by atoms with van der Waals surface area (Å²) in [5.41, 5.74) is 9.53. The number of likely N-dealkylation sites (tertiary alicyclic amines) is 2. The van der Waals surface area contributed by atoms with Crippen LogP contribution in [0.3, 0.4) is 0 Å². The van der Waals surface area contributed by atoms with Gasteiger partial charge in [0.05, 0.1) is 5.69 Å². The van der Waals surface area contributed by atoms with E-state index in [0.29, 0.717) is 57.3 Å². The van der Waals surface area contributed by atoms with Crippen LogP contribution in [0.2, 0.25) is 0 Å². The Kier molecular flexibility index (Phi) is 11.3. The predicted octanol–water partition coefficient (Wildman–Crippen LogP) is 4.68. The van der Waals surface area contributed by atoms with Crippen LogP contribution >= 0.6 is 31.9 Å². The van der Waals surface area contributed by atoms with Gasteiger partial charge in [0.25, 0.3) is 5.91 Å². The van der Waals surface area contributed by atoms with Crippen molar-refractivity contribution in [2.75, 3.05) is 70.0 Å². The van der Waals surface area contributed by atoms with E-state index in [9.17, 15) is 14.4 Å². The number of nitrogens with zero attached hydrogens (tertiary/aromatic N) is 4. The highest BCUT2D eigenvalue weighted by Gasteiger charge is 2.36. The largest absolute Gasteiger partial charge is 0.436 e. The van der Waals surface area contributed by atoms with E-state index in [4.69, 9.17) is 10.5 Å². The van der Waals surface area contributed by atoms with Crippen molar-refractivity contribution in [1.29, 1.82) is 0 Å². The minimum absolute atomic E-state index is 0.0246. The zero-order valence-electron chi connectivity index (χ0n) is 26.8. The van der Waals surface area contributed by atoms with Crippen LogP contribution in [-0.4, -0.2) is 115 Å². The molecule has 4 amide bonds. The molecule has 0 aliphatic carbocycles. The zero-order valence-corrected chi connectivity index (χ0v) is 29.9. The van der Waals surface area contributed by atoms with Crippen molar-refractivity contribution in [2.24, 2.45) is 0 Å². The second-order valence-corrected chi connectivity index (χ2v) is 14.7. The van der Waals surface area contributed by atoms with Gasteiger partial charge in [-0.25, -0.2) is 9.59 Å². The highest BCUT2D eigenvalue weighted by Crippen LogP contribution is 2.31. The average Bonchev–Trinajstić information content (AvgIpc) is 3.46. The number of amides is 4. The van der Waals surface area contributed by atoms with Crippen LogP contribution in [0.4, 0.5) is 21.0 Å². The van der Waals surface area contributed by atoms with Crippen molar-refractivity contribution < 1.29 is 19.1 Å². The lowest BCUT2D eigenvalue weighted by Crippen LogP contribution is -2.52. The Morgan fingerprint density at radius 3 is 2.32 bits per heavy atom. The number of rotatable bonds is 6. The van der Waals surface area contributed by atoms with Gasteiger partial charge in [0, 0.05) is 79.0 Å². The molecule has 3 saturated heterocycles. The molecule has 0 bridgehead atoms. The highest BCUT2D eigenvalue weighted by atomic mass is 79.9. The third-order valence-electron chi connectivity index (χ3n) is 10.1. The van der Waals surface area contributed by atoms with Gasteiger partial charge in [-0.3, -0.25) is 9.69 Å². The van der Waals surface area contributed by atoms with Gasteiger partial charge in [-0.15, -0.1) is 0 Å². The molecular weight excluding hydrogens is 730 g/mol. The first-order chi connectivity index (χ1) is 22.8. The van der Waals surface area contributed by atoms with Crippen molar-refractivity contribution in [3.63, 3.8) is 0 Å². The monoisotopic (exact) mass is 773 g/mol. The van der Waals surface area contributed by atoms with E-state index < -0.39 is 12.2 Å². The third kappa shape index (κ3) is 8.23. The van der Waals surface area contributed by atoms with Crippen LogP contribution in [0.25, 0.3) is 0 Å². The first-order valence-corrected chi connectivity index (χ1v) is 18.4. The number of ether oxygens (including phenoxy) is 1. The maximum atomic E-state index is 14.0. The molecule has 0 saturated carbocycles. The lowest BCUT2D eigenvalue weighted by atomic mass is 10.0. The molecule has 0 spiro atoms. The Morgan fingerprint density at radius 2 is 1.57 bits per heavy atom. The summed E-state index contributed by atoms with van der Waals surface area (Å²) >= 11 is 7.02. The molecule has 3 fully saturated rings. The number of benzene rings is 2. The van der Waals surface area contributed by atoms with Crippen molar-refractivity contribution in [3.8, 4) is 0 Å². The lowest BCUT2D eigenvalue weighted by molar-refractivity contribution is -0.142. The maximum absolute atomic E-state index is 14.0. The fourth-order valence-corrected chi connectivity index (χ4v) is 8.61. The first-order valence-electron chi connectivity index (χ1n) is 16.8. The summed E-state index contributed by atoms with van der Waals surface area (Å²) in [5, 5.41) is 6.52. The Hall–Kier alpha value is -2.87. The standard InChI is InChI=1S/C34H45Br2N7O4/c35-27-20-23(21-28(36)31(27)37)22-30(32(44)41-14-7-25(8-15-41)40-13-3-11-38-12-19-40)47-34(46)42-16-9-26(10-17-42)43-18-6-24-4-1-2-5-29(24)39-33(43)45/h1-2,4-5,20-21,25-26,30,38H,3,6-19,22,37H2,(H,39,45)/t30-/m1/s1. The zero-order chi connectivity index (χ0) is 32.9. The molecule has 2 aromatic rings. The summed E-state index contributed by atoms with van der Waals surface area (Å²) in [6, 6.07) is 12.1. The fourth-order valence-electron chi connectivity index (χ4n) is 7.33. The molecule has 0 radical (unpaired) electrons. The molecule has 4 N–H and O–H groups in total. The second kappa shape index (κ2) is 15.6. The van der Waals surface area contributed by atoms with E-state index in [1.807, 2.05) is 46.2 Å². The second-order valence-electron chi connectivity index (χ2n) is 13.0. The molecule has 4 aliphatic rings. The van der Waals surface area contributed by atoms with Gasteiger partial charge in [-0.2, -0.15) is 0 Å². The molecule has 4 aliphatic heterocycles. The van der Waals surface area contributed by atoms with E-state index >= 15 is 0 Å². The number of carbonyl (C=O) groups is 3. The number of nitrogens with two attached hydrogens (primary N) is 1. The predicted molar refractivity (Wildman–Crippen MR) is 189 cm³/mol. The summed E-state index contributed by atoms with van der Waals surface area (Å²) in [6.45, 7) is 7.00. The number of nitrogen functional groups attached to an aromatic ring is 1. The number of hydrogen-bond donors (Lipinski definition) is 3. The van der Waals surface area contributed by atoms with Gasteiger partial charge < -0.3 is 35.8 Å². The van der Waals surface area contributed by atoms with Gasteiger partial charge in [-0.05, 0) is 113 Å². The topological polar surface area (TPSA) is 123 Å². The number of carbonyl (C=O) groups excluding carboxylic acids is 3. The number of fused-ring (bicyclic) bond motifs is 1. The lowest BCUT2D eigenvalue weighted by Gasteiger charge is -2.40. The van der Waals surface area contributed by atoms with Gasteiger partial charge in [0.15, 0.2) is 6.10 Å². The summed E-state index contributed by atoms with van der Waals surface area (Å²) in [7, 11) is 0. The molecule has 13 heteroatoms. The van der Waals surface area contributed by atoms with Crippen LogP contribution in [0.5, 0.6) is 0 Å². The van der Waals surface area contributed by atoms with E-state index in [1.54, 1.807) is 4.90 Å². The van der Waals surface area contributed by atoms with Crippen molar-refractivity contribution in [3.05, 3.63) is 56.5 Å². The SMILES string of the molecule is Nc1c(Br)cc(C[C@@H](OC(=O)N2CCC(N3CCc4ccccc4NC3=O)CC2)C(=O)N2CCC(N3CCCNCC3)CC2)cc1Br. The Morgan fingerprint density at radius 1 is 0.894 bits per heavy atom. The summed E-state index contributed by atoms with van der Waals surface area (Å²) in [6.07, 6.45) is 3.83. The quantitative estimate of drug-likeness (QED) is 0.365. The Labute approximate surface area is 293 Å². The molecule has 2 aromatic carbocycles. The molecule has 0 aromatic heterocycles. The van der Waals surface area contributed by atoms with Crippen LogP contribution < -0.4 is 16.4 Å². The van der Waals surface area contributed by atoms with Gasteiger partial charge in [-0.1, -0.05) is 18.2 Å². The van der Waals surface area contributed by atoms with Crippen LogP contribution in [0.1, 0.15) is 43.2 Å². The van der Waals surface area contributed by atoms with Gasteiger partial charge >= 0.3 is 12.1 Å². The Bertz CT molecular complexity index is 1410. The molecular formula is C34H45Br2N7O4. The average molecular weight is 776 g/mol. The minimum atomic E-state index is -0.962. The first kappa shape index (κ1) is 34.0. The van der Waals surface area contributed by atoms with Crippen LogP contribution in [0, 0.1) is 0 Å². The number of hydrogen-bond acceptors (Lipinski definition) is 7. The summed E-state index contributed by atoms with van der Waals surface area (Å²) < 4.78 is 7.50. The van der Waals surface area contributed by atoms with Crippen molar-refractivity contribution in [2.45, 2.75) is 63.1 Å². The summed E-state index contributed by atoms with van der Waals surface area (Å²) in [5.74, 6) is -0.158. The number of halogens is 2. The normalized spacial score (nSPS) is 21.0. The number of piperidine rings is 2. The van der Waals surface area contributed by atoms with E-state index in [0.717, 1.165) is 77.6 Å². The Balaban J connectivity index is 1.08. The summed E-state index contributed by atoms with van der Waals surface area (Å²) in [4.78, 5) is 48.7. The molecule has 11 nitrogen and oxygen atoms in total. The number of para-hydroxylation sites is 1. The molecule has 1 atom stereocenters. The molecule has 47 heavy (non-hydrogen) atoms. The van der Waals surface area contributed by atoms with Crippen molar-refractivity contribution >= 4 is 61.3 Å². The van der Waals surface area contributed by atoms with E-state index in [2.05, 4.69) is 47.4 Å². The third-order valence-corrected chi connectivity index (χ3v) is 11.4. The van der Waals surface area contributed by atoms with E-state index in [-0.39, 0.29) is 24.4 Å². The van der Waals surface area contributed by atoms with Crippen molar-refractivity contribution in [1.82, 2.24) is 24.9 Å². The van der Waals surface area contributed by atoms with E-state index in [1.165, 1.54) is 0 Å². The minimum Gasteiger partial charge on any atom is -0.436 e. The molecule has 4 heterocycles. The number of nitrogens with one attached hydrogen (secondary N) is 2. The highest BCUT2D eigenvalue weighted by molar-refractivity contribution is 9.11. The fraction of sp³-hybridized carbons (Fsp3) is 0.559. The number of anilines is 2. The van der Waals surface area contributed by atoms with Crippen LogP contribution in [-0.2, 0) is 22.4 Å². The molecule has 0 unspecified atom stereocenters. The van der Waals surface area contributed by atoms with Gasteiger partial charge in [0.2, 0.25) is 0 Å². The number of urea groups is 1.